The third kappa shape index (κ3) is 3.78. The Morgan fingerprint density at radius 1 is 1.33 bits per heavy atom. The van der Waals surface area contributed by atoms with Crippen LogP contribution < -0.4 is 11.1 Å². The molecule has 0 aliphatic heterocycles. The quantitative estimate of drug-likeness (QED) is 0.879. The summed E-state index contributed by atoms with van der Waals surface area (Å²) in [6.45, 7) is 3.91. The van der Waals surface area contributed by atoms with Crippen molar-refractivity contribution in [1.29, 1.82) is 0 Å². The van der Waals surface area contributed by atoms with Crippen molar-refractivity contribution in [2.24, 2.45) is 0 Å². The SMILES string of the molecule is CC(C)c1cc(C(=O)Nc2ccc(Br)cc2F)cc(N)n1. The first-order valence-electron chi connectivity index (χ1n) is 6.40. The average Bonchev–Trinajstić information content (AvgIpc) is 2.41. The van der Waals surface area contributed by atoms with Crippen molar-refractivity contribution < 1.29 is 9.18 Å². The Balaban J connectivity index is 2.28. The van der Waals surface area contributed by atoms with E-state index in [9.17, 15) is 9.18 Å². The lowest BCUT2D eigenvalue weighted by molar-refractivity contribution is 0.102. The first kappa shape index (κ1) is 15.4. The molecule has 0 unspecified atom stereocenters. The Labute approximate surface area is 130 Å². The van der Waals surface area contributed by atoms with Gasteiger partial charge in [-0.25, -0.2) is 9.37 Å². The zero-order valence-electron chi connectivity index (χ0n) is 11.7. The van der Waals surface area contributed by atoms with Crippen LogP contribution in [0, 0.1) is 5.82 Å². The molecule has 0 aliphatic rings. The molecule has 3 N–H and O–H groups in total. The van der Waals surface area contributed by atoms with E-state index < -0.39 is 11.7 Å². The van der Waals surface area contributed by atoms with E-state index in [0.29, 0.717) is 10.0 Å². The van der Waals surface area contributed by atoms with E-state index in [-0.39, 0.29) is 17.4 Å². The lowest BCUT2D eigenvalue weighted by atomic mass is 10.1. The average molecular weight is 352 g/mol. The van der Waals surface area contributed by atoms with Gasteiger partial charge in [-0.1, -0.05) is 29.8 Å². The van der Waals surface area contributed by atoms with Gasteiger partial charge in [0.05, 0.1) is 5.69 Å². The largest absolute Gasteiger partial charge is 0.384 e. The number of halogens is 2. The highest BCUT2D eigenvalue weighted by atomic mass is 79.9. The molecular formula is C15H15BrFN3O. The summed E-state index contributed by atoms with van der Waals surface area (Å²) in [7, 11) is 0. The van der Waals surface area contributed by atoms with Crippen molar-refractivity contribution in [1.82, 2.24) is 4.98 Å². The smallest absolute Gasteiger partial charge is 0.255 e. The van der Waals surface area contributed by atoms with Crippen molar-refractivity contribution >= 4 is 33.3 Å². The minimum Gasteiger partial charge on any atom is -0.384 e. The first-order valence-corrected chi connectivity index (χ1v) is 7.20. The molecule has 0 saturated carbocycles. The van der Waals surface area contributed by atoms with Crippen molar-refractivity contribution in [3.63, 3.8) is 0 Å². The van der Waals surface area contributed by atoms with Crippen molar-refractivity contribution in [2.45, 2.75) is 19.8 Å². The molecule has 21 heavy (non-hydrogen) atoms. The molecule has 110 valence electrons. The summed E-state index contributed by atoms with van der Waals surface area (Å²) >= 11 is 3.16. The minimum absolute atomic E-state index is 0.115. The van der Waals surface area contributed by atoms with Gasteiger partial charge in [-0.2, -0.15) is 0 Å². The number of amides is 1. The molecular weight excluding hydrogens is 337 g/mol. The second kappa shape index (κ2) is 6.22. The van der Waals surface area contributed by atoms with E-state index in [1.165, 1.54) is 18.2 Å². The number of nitrogens with zero attached hydrogens (tertiary/aromatic N) is 1. The zero-order chi connectivity index (χ0) is 15.6. The van der Waals surface area contributed by atoms with Gasteiger partial charge in [-0.05, 0) is 36.2 Å². The maximum Gasteiger partial charge on any atom is 0.255 e. The Morgan fingerprint density at radius 2 is 2.05 bits per heavy atom. The molecule has 2 aromatic rings. The number of pyridine rings is 1. The number of hydrogen-bond acceptors (Lipinski definition) is 3. The lowest BCUT2D eigenvalue weighted by Crippen LogP contribution is -2.14. The van der Waals surface area contributed by atoms with Crippen molar-refractivity contribution in [2.75, 3.05) is 11.1 Å². The predicted octanol–water partition coefficient (Wildman–Crippen LogP) is 3.94. The van der Waals surface area contributed by atoms with Gasteiger partial charge >= 0.3 is 0 Å². The van der Waals surface area contributed by atoms with Gasteiger partial charge in [0.2, 0.25) is 0 Å². The molecule has 0 fully saturated rings. The van der Waals surface area contributed by atoms with Gasteiger partial charge < -0.3 is 11.1 Å². The third-order valence-electron chi connectivity index (χ3n) is 2.90. The standard InChI is InChI=1S/C15H15BrFN3O/c1-8(2)13-5-9(6-14(18)19-13)15(21)20-12-4-3-10(16)7-11(12)17/h3-8H,1-2H3,(H2,18,19)(H,20,21). The van der Waals surface area contributed by atoms with Crippen LogP contribution in [0.3, 0.4) is 0 Å². The predicted molar refractivity (Wildman–Crippen MR) is 84.8 cm³/mol. The van der Waals surface area contributed by atoms with Crippen molar-refractivity contribution in [3.05, 3.63) is 51.9 Å². The summed E-state index contributed by atoms with van der Waals surface area (Å²) in [6.07, 6.45) is 0. The van der Waals surface area contributed by atoms with Crippen LogP contribution in [0.25, 0.3) is 0 Å². The van der Waals surface area contributed by atoms with E-state index in [1.54, 1.807) is 12.1 Å². The maximum atomic E-state index is 13.7. The molecule has 0 spiro atoms. The summed E-state index contributed by atoms with van der Waals surface area (Å²) in [4.78, 5) is 16.4. The third-order valence-corrected chi connectivity index (χ3v) is 3.39. The molecule has 2 rings (SSSR count). The molecule has 1 amide bonds. The Kier molecular flexibility index (Phi) is 4.57. The van der Waals surface area contributed by atoms with Crippen LogP contribution in [0.4, 0.5) is 15.9 Å². The molecule has 0 radical (unpaired) electrons. The van der Waals surface area contributed by atoms with E-state index in [2.05, 4.69) is 26.2 Å². The van der Waals surface area contributed by atoms with Gasteiger partial charge in [0.25, 0.3) is 5.91 Å². The van der Waals surface area contributed by atoms with Gasteiger partial charge in [0, 0.05) is 15.7 Å². The molecule has 1 heterocycles. The van der Waals surface area contributed by atoms with Gasteiger partial charge in [0.15, 0.2) is 0 Å². The van der Waals surface area contributed by atoms with E-state index >= 15 is 0 Å². The molecule has 0 aliphatic carbocycles. The molecule has 0 saturated heterocycles. The second-order valence-corrected chi connectivity index (χ2v) is 5.85. The number of carbonyl (C=O) groups excluding carboxylic acids is 1. The molecule has 4 nitrogen and oxygen atoms in total. The number of carbonyl (C=O) groups is 1. The maximum absolute atomic E-state index is 13.7. The highest BCUT2D eigenvalue weighted by Crippen LogP contribution is 2.21. The number of aromatic nitrogens is 1. The van der Waals surface area contributed by atoms with Crippen LogP contribution >= 0.6 is 15.9 Å². The molecule has 1 aromatic carbocycles. The Morgan fingerprint density at radius 3 is 2.67 bits per heavy atom. The number of nitrogens with one attached hydrogen (secondary N) is 1. The topological polar surface area (TPSA) is 68.0 Å². The summed E-state index contributed by atoms with van der Waals surface area (Å²) in [5, 5.41) is 2.53. The summed E-state index contributed by atoms with van der Waals surface area (Å²) in [6, 6.07) is 7.56. The fourth-order valence-corrected chi connectivity index (χ4v) is 2.12. The van der Waals surface area contributed by atoms with Crippen molar-refractivity contribution in [3.8, 4) is 0 Å². The second-order valence-electron chi connectivity index (χ2n) is 4.94. The van der Waals surface area contributed by atoms with Crippen LogP contribution in [0.2, 0.25) is 0 Å². The summed E-state index contributed by atoms with van der Waals surface area (Å²) in [5.41, 5.74) is 6.90. The minimum atomic E-state index is -0.510. The fraction of sp³-hybridized carbons (Fsp3) is 0.200. The van der Waals surface area contributed by atoms with Crippen LogP contribution in [0.5, 0.6) is 0 Å². The van der Waals surface area contributed by atoms with Crippen LogP contribution in [0.1, 0.15) is 35.8 Å². The molecule has 0 bridgehead atoms. The highest BCUT2D eigenvalue weighted by Gasteiger charge is 2.13. The highest BCUT2D eigenvalue weighted by molar-refractivity contribution is 9.10. The Hall–Kier alpha value is -1.95. The van der Waals surface area contributed by atoms with E-state index in [1.807, 2.05) is 13.8 Å². The normalized spacial score (nSPS) is 10.7. The fourth-order valence-electron chi connectivity index (χ4n) is 1.79. The van der Waals surface area contributed by atoms with Crippen LogP contribution in [0.15, 0.2) is 34.8 Å². The molecule has 6 heteroatoms. The summed E-state index contributed by atoms with van der Waals surface area (Å²) < 4.78 is 14.3. The van der Waals surface area contributed by atoms with Gasteiger partial charge in [0.1, 0.15) is 11.6 Å². The van der Waals surface area contributed by atoms with Gasteiger partial charge in [-0.15, -0.1) is 0 Å². The van der Waals surface area contributed by atoms with Crippen LogP contribution in [-0.2, 0) is 0 Å². The lowest BCUT2D eigenvalue weighted by Gasteiger charge is -2.10. The zero-order valence-corrected chi connectivity index (χ0v) is 13.2. The van der Waals surface area contributed by atoms with Crippen LogP contribution in [-0.4, -0.2) is 10.9 Å². The monoisotopic (exact) mass is 351 g/mol. The number of benzene rings is 1. The number of anilines is 2. The summed E-state index contributed by atoms with van der Waals surface area (Å²) in [5.74, 6) is -0.525. The van der Waals surface area contributed by atoms with E-state index in [0.717, 1.165) is 5.69 Å². The number of hydrogen-bond donors (Lipinski definition) is 2. The number of nitrogens with two attached hydrogens (primary N) is 1. The molecule has 1 aromatic heterocycles. The molecule has 0 atom stereocenters. The Bertz CT molecular complexity index is 689. The number of rotatable bonds is 3. The van der Waals surface area contributed by atoms with Gasteiger partial charge in [-0.3, -0.25) is 4.79 Å². The van der Waals surface area contributed by atoms with E-state index in [4.69, 9.17) is 5.73 Å². The number of nitrogen functional groups attached to an aromatic ring is 1. The first-order chi connectivity index (χ1) is 9.86.